The quantitative estimate of drug-likeness (QED) is 0.622. The molecule has 0 aliphatic heterocycles. The number of nitrogens with two attached hydrogens (primary N) is 1. The van der Waals surface area contributed by atoms with Gasteiger partial charge in [0, 0.05) is 12.6 Å². The number of benzene rings is 1. The molecule has 0 bridgehead atoms. The number of esters is 1. The zero-order chi connectivity index (χ0) is 15.3. The van der Waals surface area contributed by atoms with Crippen LogP contribution in [0.15, 0.2) is 29.2 Å². The molecule has 110 valence electrons. The summed E-state index contributed by atoms with van der Waals surface area (Å²) in [5.41, 5.74) is 5.87. The van der Waals surface area contributed by atoms with Gasteiger partial charge in [-0.05, 0) is 31.2 Å². The van der Waals surface area contributed by atoms with Crippen molar-refractivity contribution in [1.82, 2.24) is 4.31 Å². The van der Waals surface area contributed by atoms with Gasteiger partial charge in [0.05, 0.1) is 11.5 Å². The molecule has 1 amide bonds. The second-order valence-corrected chi connectivity index (χ2v) is 5.77. The third kappa shape index (κ3) is 3.70. The predicted octanol–water partition coefficient (Wildman–Crippen LogP) is 0.369. The fourth-order valence-corrected chi connectivity index (χ4v) is 2.80. The number of ether oxygens (including phenoxy) is 1. The van der Waals surface area contributed by atoms with Crippen LogP contribution in [-0.4, -0.2) is 37.8 Å². The van der Waals surface area contributed by atoms with Crippen LogP contribution < -0.4 is 5.73 Å². The molecule has 0 saturated carbocycles. The van der Waals surface area contributed by atoms with Crippen molar-refractivity contribution < 1.29 is 22.7 Å². The van der Waals surface area contributed by atoms with E-state index in [1.807, 2.05) is 0 Å². The van der Waals surface area contributed by atoms with E-state index >= 15 is 0 Å². The minimum Gasteiger partial charge on any atom is -0.465 e. The van der Waals surface area contributed by atoms with Crippen molar-refractivity contribution in [2.45, 2.75) is 18.7 Å². The van der Waals surface area contributed by atoms with Gasteiger partial charge < -0.3 is 10.5 Å². The molecule has 0 fully saturated rings. The maximum absolute atomic E-state index is 12.3. The van der Waals surface area contributed by atoms with Crippen LogP contribution in [0.5, 0.6) is 0 Å². The molecular formula is C12H16N2O5S. The standard InChI is InChI=1S/C12H16N2O5S/c1-3-19-12(16)8-14(9(2)15)20(17,18)11-6-4-10(13)5-7-11/h4-7H,3,8,13H2,1-2H3. The number of amides is 1. The molecule has 7 nitrogen and oxygen atoms in total. The summed E-state index contributed by atoms with van der Waals surface area (Å²) in [6.07, 6.45) is 0. The van der Waals surface area contributed by atoms with Crippen molar-refractivity contribution in [3.8, 4) is 0 Å². The molecule has 0 spiro atoms. The molecule has 0 aromatic heterocycles. The van der Waals surface area contributed by atoms with E-state index in [4.69, 9.17) is 5.73 Å². The van der Waals surface area contributed by atoms with Gasteiger partial charge >= 0.3 is 5.97 Å². The van der Waals surface area contributed by atoms with Gasteiger partial charge in [-0.1, -0.05) is 0 Å². The lowest BCUT2D eigenvalue weighted by Crippen LogP contribution is -2.39. The van der Waals surface area contributed by atoms with Crippen LogP contribution in [0.25, 0.3) is 0 Å². The second-order valence-electron chi connectivity index (χ2n) is 3.90. The van der Waals surface area contributed by atoms with E-state index in [1.54, 1.807) is 6.92 Å². The Morgan fingerprint density at radius 3 is 2.25 bits per heavy atom. The summed E-state index contributed by atoms with van der Waals surface area (Å²) >= 11 is 0. The zero-order valence-electron chi connectivity index (χ0n) is 11.2. The molecule has 0 aliphatic carbocycles. The van der Waals surface area contributed by atoms with E-state index in [0.717, 1.165) is 6.92 Å². The Kier molecular flexibility index (Phi) is 5.09. The van der Waals surface area contributed by atoms with Crippen molar-refractivity contribution in [2.75, 3.05) is 18.9 Å². The van der Waals surface area contributed by atoms with Crippen LogP contribution in [0.4, 0.5) is 5.69 Å². The first-order valence-electron chi connectivity index (χ1n) is 5.83. The largest absolute Gasteiger partial charge is 0.465 e. The van der Waals surface area contributed by atoms with Gasteiger partial charge in [0.15, 0.2) is 0 Å². The molecule has 8 heteroatoms. The molecule has 0 unspecified atom stereocenters. The topological polar surface area (TPSA) is 107 Å². The van der Waals surface area contributed by atoms with E-state index in [-0.39, 0.29) is 11.5 Å². The van der Waals surface area contributed by atoms with Gasteiger partial charge in [0.1, 0.15) is 6.54 Å². The summed E-state index contributed by atoms with van der Waals surface area (Å²) in [7, 11) is -4.10. The second kappa shape index (κ2) is 6.38. The van der Waals surface area contributed by atoms with Crippen molar-refractivity contribution in [3.63, 3.8) is 0 Å². The fraction of sp³-hybridized carbons (Fsp3) is 0.333. The first-order valence-corrected chi connectivity index (χ1v) is 7.27. The summed E-state index contributed by atoms with van der Waals surface area (Å²) < 4.78 is 29.7. The molecule has 0 aliphatic rings. The van der Waals surface area contributed by atoms with E-state index in [0.29, 0.717) is 9.99 Å². The van der Waals surface area contributed by atoms with E-state index in [9.17, 15) is 18.0 Å². The van der Waals surface area contributed by atoms with Gasteiger partial charge in [0.25, 0.3) is 10.0 Å². The Balaban J connectivity index is 3.09. The molecule has 1 rings (SSSR count). The molecular weight excluding hydrogens is 284 g/mol. The third-order valence-electron chi connectivity index (χ3n) is 2.40. The highest BCUT2D eigenvalue weighted by atomic mass is 32.2. The van der Waals surface area contributed by atoms with Crippen LogP contribution in [0.2, 0.25) is 0 Å². The molecule has 2 N–H and O–H groups in total. The van der Waals surface area contributed by atoms with Gasteiger partial charge in [-0.3, -0.25) is 9.59 Å². The SMILES string of the molecule is CCOC(=O)CN(C(C)=O)S(=O)(=O)c1ccc(N)cc1. The van der Waals surface area contributed by atoms with Crippen LogP contribution in [0.3, 0.4) is 0 Å². The Morgan fingerprint density at radius 2 is 1.80 bits per heavy atom. The monoisotopic (exact) mass is 300 g/mol. The van der Waals surface area contributed by atoms with Crippen LogP contribution in [0.1, 0.15) is 13.8 Å². The minimum absolute atomic E-state index is 0.104. The molecule has 0 saturated heterocycles. The number of hydrogen-bond acceptors (Lipinski definition) is 6. The lowest BCUT2D eigenvalue weighted by atomic mass is 10.3. The zero-order valence-corrected chi connectivity index (χ0v) is 12.0. The third-order valence-corrected chi connectivity index (χ3v) is 4.23. The Morgan fingerprint density at radius 1 is 1.25 bits per heavy atom. The highest BCUT2D eigenvalue weighted by Crippen LogP contribution is 2.17. The van der Waals surface area contributed by atoms with Crippen LogP contribution in [0, 0.1) is 0 Å². The maximum atomic E-state index is 12.3. The van der Waals surface area contributed by atoms with Crippen LogP contribution >= 0.6 is 0 Å². The number of carbonyl (C=O) groups excluding carboxylic acids is 2. The molecule has 0 radical (unpaired) electrons. The Labute approximate surface area is 117 Å². The van der Waals surface area contributed by atoms with Crippen LogP contribution in [-0.2, 0) is 24.3 Å². The lowest BCUT2D eigenvalue weighted by molar-refractivity contribution is -0.145. The number of rotatable bonds is 5. The highest BCUT2D eigenvalue weighted by Gasteiger charge is 2.29. The Bertz CT molecular complexity index is 595. The number of carbonyl (C=O) groups is 2. The summed E-state index contributed by atoms with van der Waals surface area (Å²) in [4.78, 5) is 22.8. The summed E-state index contributed by atoms with van der Waals surface area (Å²) in [6.45, 7) is 2.10. The van der Waals surface area contributed by atoms with Gasteiger partial charge in [-0.2, -0.15) is 0 Å². The normalized spacial score (nSPS) is 10.9. The Hall–Kier alpha value is -2.09. The summed E-state index contributed by atoms with van der Waals surface area (Å²) in [6, 6.07) is 5.34. The van der Waals surface area contributed by atoms with Crippen molar-refractivity contribution >= 4 is 27.6 Å². The molecule has 0 atom stereocenters. The number of anilines is 1. The first-order chi connectivity index (χ1) is 9.28. The van der Waals surface area contributed by atoms with E-state index in [1.165, 1.54) is 24.3 Å². The van der Waals surface area contributed by atoms with Gasteiger partial charge in [-0.15, -0.1) is 0 Å². The molecule has 0 heterocycles. The van der Waals surface area contributed by atoms with Gasteiger partial charge in [0.2, 0.25) is 5.91 Å². The smallest absolute Gasteiger partial charge is 0.326 e. The average Bonchev–Trinajstić information content (AvgIpc) is 2.36. The van der Waals surface area contributed by atoms with Crippen molar-refractivity contribution in [3.05, 3.63) is 24.3 Å². The number of nitrogen functional groups attached to an aromatic ring is 1. The van der Waals surface area contributed by atoms with Crippen molar-refractivity contribution in [1.29, 1.82) is 0 Å². The average molecular weight is 300 g/mol. The van der Waals surface area contributed by atoms with E-state index in [2.05, 4.69) is 4.74 Å². The van der Waals surface area contributed by atoms with Crippen molar-refractivity contribution in [2.24, 2.45) is 0 Å². The van der Waals surface area contributed by atoms with Gasteiger partial charge in [-0.25, -0.2) is 12.7 Å². The number of sulfonamides is 1. The minimum atomic E-state index is -4.10. The lowest BCUT2D eigenvalue weighted by Gasteiger charge is -2.20. The predicted molar refractivity (Wildman–Crippen MR) is 72.1 cm³/mol. The fourth-order valence-electron chi connectivity index (χ4n) is 1.46. The first kappa shape index (κ1) is 16.0. The summed E-state index contributed by atoms with van der Waals surface area (Å²) in [5.74, 6) is -1.56. The molecule has 20 heavy (non-hydrogen) atoms. The van der Waals surface area contributed by atoms with E-state index < -0.39 is 28.4 Å². The number of nitrogens with zero attached hydrogens (tertiary/aromatic N) is 1. The molecule has 1 aromatic rings. The number of hydrogen-bond donors (Lipinski definition) is 1. The highest BCUT2D eigenvalue weighted by molar-refractivity contribution is 7.89. The molecule has 1 aromatic carbocycles. The summed E-state index contributed by atoms with van der Waals surface area (Å²) in [5, 5.41) is 0. The maximum Gasteiger partial charge on any atom is 0.326 e.